The molecule has 0 atom stereocenters. The number of rotatable bonds is 5. The van der Waals surface area contributed by atoms with Gasteiger partial charge in [-0.15, -0.1) is 0 Å². The van der Waals surface area contributed by atoms with Gasteiger partial charge in [0, 0.05) is 0 Å². The second-order valence-electron chi connectivity index (χ2n) is 2.49. The Labute approximate surface area is 82.6 Å². The molecule has 4 nitrogen and oxygen atoms in total. The van der Waals surface area contributed by atoms with Crippen molar-refractivity contribution in [2.75, 3.05) is 6.61 Å². The summed E-state index contributed by atoms with van der Waals surface area (Å²) in [4.78, 5) is 0. The lowest BCUT2D eigenvalue weighted by molar-refractivity contribution is 0.275. The number of ether oxygens (including phenoxy) is 1. The average Bonchev–Trinajstić information content (AvgIpc) is 2.16. The minimum Gasteiger partial charge on any atom is -0.509 e. The molecule has 0 saturated heterocycles. The van der Waals surface area contributed by atoms with Gasteiger partial charge in [-0.1, -0.05) is 24.8 Å². The van der Waals surface area contributed by atoms with E-state index in [4.69, 9.17) is 19.4 Å². The van der Waals surface area contributed by atoms with Crippen molar-refractivity contribution in [1.29, 1.82) is 0 Å². The molecule has 5 heteroatoms. The highest BCUT2D eigenvalue weighted by Gasteiger charge is 2.14. The first-order chi connectivity index (χ1) is 6.74. The van der Waals surface area contributed by atoms with Gasteiger partial charge in [0.2, 0.25) is 0 Å². The molecule has 74 valence electrons. The Hall–Kier alpha value is -1.46. The number of benzene rings is 1. The fourth-order valence-electron chi connectivity index (χ4n) is 0.929. The molecule has 1 rings (SSSR count). The van der Waals surface area contributed by atoms with Gasteiger partial charge in [0.05, 0.1) is 0 Å². The molecule has 0 spiro atoms. The van der Waals surface area contributed by atoms with Crippen LogP contribution in [-0.4, -0.2) is 24.0 Å². The monoisotopic (exact) mass is 194 g/mol. The van der Waals surface area contributed by atoms with Crippen molar-refractivity contribution in [2.45, 2.75) is 0 Å². The molecule has 0 aliphatic carbocycles. The second kappa shape index (κ2) is 5.31. The van der Waals surface area contributed by atoms with Crippen LogP contribution in [0.2, 0.25) is 0 Å². The minimum absolute atomic E-state index is 0.282. The second-order valence-corrected chi connectivity index (χ2v) is 2.49. The van der Waals surface area contributed by atoms with Gasteiger partial charge in [-0.2, -0.15) is 0 Å². The summed E-state index contributed by atoms with van der Waals surface area (Å²) >= 11 is 0. The first-order valence-electron chi connectivity index (χ1n) is 4.09. The van der Waals surface area contributed by atoms with E-state index in [1.165, 1.54) is 0 Å². The zero-order valence-electron chi connectivity index (χ0n) is 7.59. The van der Waals surface area contributed by atoms with Crippen molar-refractivity contribution in [3.05, 3.63) is 36.9 Å². The summed E-state index contributed by atoms with van der Waals surface area (Å²) in [6, 6.07) is 6.71. The summed E-state index contributed by atoms with van der Waals surface area (Å²) < 4.78 is 9.92. The first kappa shape index (κ1) is 10.6. The van der Waals surface area contributed by atoms with Gasteiger partial charge in [-0.3, -0.25) is 0 Å². The molecule has 14 heavy (non-hydrogen) atoms. The highest BCUT2D eigenvalue weighted by molar-refractivity contribution is 6.33. The van der Waals surface area contributed by atoms with Crippen LogP contribution >= 0.6 is 0 Å². The molecule has 0 unspecified atom stereocenters. The van der Waals surface area contributed by atoms with Crippen LogP contribution in [0.25, 0.3) is 0 Å². The molecule has 2 N–H and O–H groups in total. The third kappa shape index (κ3) is 3.12. The Morgan fingerprint density at radius 1 is 1.29 bits per heavy atom. The number of hydrogen-bond donors (Lipinski definition) is 2. The molecule has 0 amide bonds. The van der Waals surface area contributed by atoms with Crippen molar-refractivity contribution in [3.8, 4) is 11.5 Å². The molecule has 0 bridgehead atoms. The Morgan fingerprint density at radius 2 is 1.93 bits per heavy atom. The average molecular weight is 194 g/mol. The molecule has 0 saturated carbocycles. The highest BCUT2D eigenvalue weighted by Crippen LogP contribution is 2.26. The van der Waals surface area contributed by atoms with Crippen LogP contribution < -0.4 is 9.39 Å². The van der Waals surface area contributed by atoms with Crippen molar-refractivity contribution in [1.82, 2.24) is 0 Å². The van der Waals surface area contributed by atoms with Crippen LogP contribution in [0.3, 0.4) is 0 Å². The molecule has 1 aromatic carbocycles. The van der Waals surface area contributed by atoms with Crippen LogP contribution in [0.4, 0.5) is 0 Å². The fourth-order valence-corrected chi connectivity index (χ4v) is 0.929. The van der Waals surface area contributed by atoms with Crippen molar-refractivity contribution in [3.63, 3.8) is 0 Å². The van der Waals surface area contributed by atoms with Gasteiger partial charge in [0.25, 0.3) is 0 Å². The van der Waals surface area contributed by atoms with Crippen LogP contribution in [0.5, 0.6) is 11.5 Å². The zero-order valence-corrected chi connectivity index (χ0v) is 7.59. The first-order valence-corrected chi connectivity index (χ1v) is 4.09. The van der Waals surface area contributed by atoms with E-state index in [0.717, 1.165) is 0 Å². The summed E-state index contributed by atoms with van der Waals surface area (Å²) in [6.45, 7) is 3.84. The van der Waals surface area contributed by atoms with Gasteiger partial charge in [-0.05, 0) is 12.1 Å². The van der Waals surface area contributed by atoms with Crippen LogP contribution in [-0.2, 0) is 0 Å². The van der Waals surface area contributed by atoms with Gasteiger partial charge in [-0.25, -0.2) is 0 Å². The largest absolute Gasteiger partial charge is 0.707 e. The smallest absolute Gasteiger partial charge is 0.509 e. The van der Waals surface area contributed by atoms with E-state index in [1.807, 2.05) is 0 Å². The maximum Gasteiger partial charge on any atom is 0.707 e. The number of para-hydroxylation sites is 2. The third-order valence-electron chi connectivity index (χ3n) is 1.44. The molecule has 0 aliphatic rings. The predicted molar refractivity (Wildman–Crippen MR) is 53.0 cm³/mol. The molecule has 0 fully saturated rings. The molecule has 0 aliphatic heterocycles. The van der Waals surface area contributed by atoms with E-state index in [-0.39, 0.29) is 5.75 Å². The SMILES string of the molecule is C=CCOc1ccccc1OB(O)O. The molecular weight excluding hydrogens is 183 g/mol. The Kier molecular flexibility index (Phi) is 4.03. The van der Waals surface area contributed by atoms with E-state index in [1.54, 1.807) is 30.3 Å². The topological polar surface area (TPSA) is 58.9 Å². The maximum absolute atomic E-state index is 8.61. The fraction of sp³-hybridized carbons (Fsp3) is 0.111. The standard InChI is InChI=1S/C9H11BO4/c1-2-7-13-8-5-3-4-6-9(8)14-10(11)12/h2-6,11-12H,1,7H2. The lowest BCUT2D eigenvalue weighted by Crippen LogP contribution is -2.20. The predicted octanol–water partition coefficient (Wildman–Crippen LogP) is 0.600. The molecule has 0 aromatic heterocycles. The molecule has 0 radical (unpaired) electrons. The van der Waals surface area contributed by atoms with E-state index in [0.29, 0.717) is 12.4 Å². The van der Waals surface area contributed by atoms with Crippen LogP contribution in [0.15, 0.2) is 36.9 Å². The minimum atomic E-state index is -1.84. The van der Waals surface area contributed by atoms with E-state index in [2.05, 4.69) is 6.58 Å². The summed E-state index contributed by atoms with van der Waals surface area (Å²) in [5.41, 5.74) is 0. The lowest BCUT2D eigenvalue weighted by atomic mass is 10.2. The van der Waals surface area contributed by atoms with Crippen molar-refractivity contribution < 1.29 is 19.4 Å². The molecule has 0 heterocycles. The van der Waals surface area contributed by atoms with Gasteiger partial charge >= 0.3 is 7.32 Å². The molecular formula is C9H11BO4. The van der Waals surface area contributed by atoms with Crippen LogP contribution in [0, 0.1) is 0 Å². The van der Waals surface area contributed by atoms with Gasteiger partial charge < -0.3 is 19.4 Å². The van der Waals surface area contributed by atoms with Crippen molar-refractivity contribution >= 4 is 7.32 Å². The van der Waals surface area contributed by atoms with Gasteiger partial charge in [0.15, 0.2) is 5.75 Å². The van der Waals surface area contributed by atoms with Gasteiger partial charge in [0.1, 0.15) is 12.4 Å². The summed E-state index contributed by atoms with van der Waals surface area (Å²) in [6.07, 6.45) is 1.59. The molecule has 1 aromatic rings. The summed E-state index contributed by atoms with van der Waals surface area (Å²) in [5.74, 6) is 0.727. The third-order valence-corrected chi connectivity index (χ3v) is 1.44. The van der Waals surface area contributed by atoms with Crippen LogP contribution in [0.1, 0.15) is 0 Å². The Balaban J connectivity index is 2.74. The summed E-state index contributed by atoms with van der Waals surface area (Å²) in [5, 5.41) is 17.2. The highest BCUT2D eigenvalue weighted by atomic mass is 16.6. The maximum atomic E-state index is 8.61. The summed E-state index contributed by atoms with van der Waals surface area (Å²) in [7, 11) is -1.84. The lowest BCUT2D eigenvalue weighted by Gasteiger charge is -2.10. The van der Waals surface area contributed by atoms with E-state index < -0.39 is 7.32 Å². The Morgan fingerprint density at radius 3 is 2.50 bits per heavy atom. The quantitative estimate of drug-likeness (QED) is 0.532. The van der Waals surface area contributed by atoms with E-state index >= 15 is 0 Å². The zero-order chi connectivity index (χ0) is 10.4. The van der Waals surface area contributed by atoms with E-state index in [9.17, 15) is 0 Å². The Bertz CT molecular complexity index is 301. The normalized spacial score (nSPS) is 9.29. The van der Waals surface area contributed by atoms with Crippen molar-refractivity contribution in [2.24, 2.45) is 0 Å². The number of hydrogen-bond acceptors (Lipinski definition) is 4.